The van der Waals surface area contributed by atoms with E-state index >= 15 is 0 Å². The Morgan fingerprint density at radius 2 is 1.91 bits per heavy atom. The zero-order chi connectivity index (χ0) is 24.6. The van der Waals surface area contributed by atoms with E-state index in [-0.39, 0.29) is 24.8 Å². The second-order valence-corrected chi connectivity index (χ2v) is 9.46. The minimum Gasteiger partial charge on any atom is -0.462 e. The van der Waals surface area contributed by atoms with Crippen LogP contribution in [0, 0.1) is 33.5 Å². The van der Waals surface area contributed by atoms with E-state index in [2.05, 4.69) is 5.32 Å². The number of imidazole rings is 1. The van der Waals surface area contributed by atoms with E-state index in [1.165, 1.54) is 17.4 Å². The number of esters is 1. The van der Waals surface area contributed by atoms with Gasteiger partial charge in [-0.15, -0.1) is 11.3 Å². The zero-order valence-electron chi connectivity index (χ0n) is 19.8. The molecule has 0 spiro atoms. The first-order valence-corrected chi connectivity index (χ1v) is 11.8. The van der Waals surface area contributed by atoms with Gasteiger partial charge in [-0.25, -0.2) is 14.2 Å². The van der Waals surface area contributed by atoms with E-state index in [0.29, 0.717) is 33.2 Å². The molecule has 34 heavy (non-hydrogen) atoms. The molecule has 0 bridgehead atoms. The molecule has 176 valence electrons. The maximum atomic E-state index is 13.9. The first-order valence-electron chi connectivity index (χ1n) is 11.0. The van der Waals surface area contributed by atoms with Gasteiger partial charge in [-0.3, -0.25) is 4.79 Å². The van der Waals surface area contributed by atoms with Crippen molar-refractivity contribution in [3.8, 4) is 11.3 Å². The quantitative estimate of drug-likeness (QED) is 0.355. The largest absolute Gasteiger partial charge is 0.462 e. The summed E-state index contributed by atoms with van der Waals surface area (Å²) in [6.07, 6.45) is 1.95. The average molecular weight is 480 g/mol. The number of pyridine rings is 1. The molecule has 0 aliphatic heterocycles. The van der Waals surface area contributed by atoms with Crippen LogP contribution in [0.1, 0.15) is 44.5 Å². The molecule has 3 heterocycles. The van der Waals surface area contributed by atoms with Crippen molar-refractivity contribution in [3.63, 3.8) is 0 Å². The molecule has 0 aliphatic carbocycles. The lowest BCUT2D eigenvalue weighted by atomic mass is 10.1. The number of hydrogen-bond donors (Lipinski definition) is 1. The molecule has 8 heteroatoms. The Bertz CT molecular complexity index is 1420. The summed E-state index contributed by atoms with van der Waals surface area (Å²) in [5.74, 6) is -1.03. The predicted octanol–water partition coefficient (Wildman–Crippen LogP) is 5.79. The fraction of sp³-hybridized carbons (Fsp3) is 0.269. The minimum absolute atomic E-state index is 0.0225. The molecular weight excluding hydrogens is 453 g/mol. The van der Waals surface area contributed by atoms with Crippen molar-refractivity contribution in [2.75, 3.05) is 11.9 Å². The van der Waals surface area contributed by atoms with Gasteiger partial charge in [0.05, 0.1) is 30.0 Å². The van der Waals surface area contributed by atoms with Crippen LogP contribution in [-0.2, 0) is 16.0 Å². The number of anilines is 1. The molecule has 1 amide bonds. The summed E-state index contributed by atoms with van der Waals surface area (Å²) in [6, 6.07) is 8.65. The maximum absolute atomic E-state index is 13.9. The average Bonchev–Trinajstić information content (AvgIpc) is 3.26. The van der Waals surface area contributed by atoms with E-state index in [4.69, 9.17) is 9.72 Å². The van der Waals surface area contributed by atoms with Crippen molar-refractivity contribution in [1.29, 1.82) is 0 Å². The van der Waals surface area contributed by atoms with Crippen molar-refractivity contribution >= 4 is 33.9 Å². The Kier molecular flexibility index (Phi) is 6.52. The van der Waals surface area contributed by atoms with E-state index in [0.717, 1.165) is 21.6 Å². The fourth-order valence-corrected chi connectivity index (χ4v) is 4.94. The molecule has 0 saturated carbocycles. The van der Waals surface area contributed by atoms with Crippen molar-refractivity contribution < 1.29 is 18.7 Å². The predicted molar refractivity (Wildman–Crippen MR) is 132 cm³/mol. The molecule has 0 unspecified atom stereocenters. The fourth-order valence-electron chi connectivity index (χ4n) is 3.88. The molecule has 1 N–H and O–H groups in total. The number of halogens is 1. The van der Waals surface area contributed by atoms with Crippen LogP contribution in [0.4, 0.5) is 9.39 Å². The number of carbonyl (C=O) groups is 2. The molecule has 0 saturated heterocycles. The SMILES string of the molecule is CCOC(=O)c1c(NC(=O)Cc2c(-c3ccc(F)c(C)c3)nc3ccc(C)cn23)sc(C)c1C. The summed E-state index contributed by atoms with van der Waals surface area (Å²) in [4.78, 5) is 31.4. The Balaban J connectivity index is 1.73. The van der Waals surface area contributed by atoms with Crippen LogP contribution < -0.4 is 5.32 Å². The number of aromatic nitrogens is 2. The zero-order valence-corrected chi connectivity index (χ0v) is 20.6. The van der Waals surface area contributed by atoms with Gasteiger partial charge in [0.25, 0.3) is 0 Å². The van der Waals surface area contributed by atoms with Crippen LogP contribution in [0.15, 0.2) is 36.5 Å². The molecule has 0 atom stereocenters. The van der Waals surface area contributed by atoms with Crippen LogP contribution >= 0.6 is 11.3 Å². The summed E-state index contributed by atoms with van der Waals surface area (Å²) >= 11 is 1.35. The third-order valence-corrected chi connectivity index (χ3v) is 6.87. The summed E-state index contributed by atoms with van der Waals surface area (Å²) in [7, 11) is 0. The third kappa shape index (κ3) is 4.46. The molecule has 0 aliphatic rings. The number of benzene rings is 1. The normalized spacial score (nSPS) is 11.1. The highest BCUT2D eigenvalue weighted by Crippen LogP contribution is 2.34. The molecule has 4 aromatic rings. The van der Waals surface area contributed by atoms with Crippen LogP contribution in [-0.4, -0.2) is 27.9 Å². The van der Waals surface area contributed by atoms with E-state index in [1.807, 2.05) is 43.5 Å². The third-order valence-electron chi connectivity index (χ3n) is 5.74. The smallest absolute Gasteiger partial charge is 0.341 e. The van der Waals surface area contributed by atoms with Crippen molar-refractivity contribution in [1.82, 2.24) is 9.38 Å². The van der Waals surface area contributed by atoms with E-state index in [9.17, 15) is 14.0 Å². The van der Waals surface area contributed by atoms with Crippen molar-refractivity contribution in [2.24, 2.45) is 0 Å². The molecule has 6 nitrogen and oxygen atoms in total. The minimum atomic E-state index is -0.451. The van der Waals surface area contributed by atoms with Crippen molar-refractivity contribution in [2.45, 2.75) is 41.0 Å². The number of rotatable bonds is 6. The standard InChI is InChI=1S/C26H26FN3O3S/c1-6-33-26(32)23-16(4)17(5)34-25(23)29-22(31)12-20-24(18-8-9-19(27)15(3)11-18)28-21-10-7-14(2)13-30(20)21/h7-11,13H,6,12H2,1-5H3,(H,29,31). The first kappa shape index (κ1) is 23.6. The molecule has 3 aromatic heterocycles. The number of nitrogens with zero attached hydrogens (tertiary/aromatic N) is 2. The number of ether oxygens (including phenoxy) is 1. The summed E-state index contributed by atoms with van der Waals surface area (Å²) in [5, 5.41) is 3.38. The number of aryl methyl sites for hydroxylation is 3. The topological polar surface area (TPSA) is 72.7 Å². The second kappa shape index (κ2) is 9.38. The van der Waals surface area contributed by atoms with E-state index in [1.54, 1.807) is 26.0 Å². The van der Waals surface area contributed by atoms with Gasteiger partial charge in [0.2, 0.25) is 5.91 Å². The monoisotopic (exact) mass is 479 g/mol. The van der Waals surface area contributed by atoms with Gasteiger partial charge in [-0.05, 0) is 75.6 Å². The van der Waals surface area contributed by atoms with Gasteiger partial charge in [-0.1, -0.05) is 6.07 Å². The van der Waals surface area contributed by atoms with Gasteiger partial charge in [0.15, 0.2) is 0 Å². The molecule has 0 fully saturated rings. The summed E-state index contributed by atoms with van der Waals surface area (Å²) in [6.45, 7) is 9.41. The van der Waals surface area contributed by atoms with E-state index < -0.39 is 5.97 Å². The van der Waals surface area contributed by atoms with Crippen LogP contribution in [0.3, 0.4) is 0 Å². The highest BCUT2D eigenvalue weighted by Gasteiger charge is 2.24. The maximum Gasteiger partial charge on any atom is 0.341 e. The molecule has 0 radical (unpaired) electrons. The number of nitrogens with one attached hydrogen (secondary N) is 1. The van der Waals surface area contributed by atoms with Gasteiger partial charge in [0, 0.05) is 16.6 Å². The summed E-state index contributed by atoms with van der Waals surface area (Å²) < 4.78 is 21.0. The lowest BCUT2D eigenvalue weighted by molar-refractivity contribution is -0.115. The molecule has 4 rings (SSSR count). The Labute approximate surface area is 201 Å². The first-order chi connectivity index (χ1) is 16.2. The number of amides is 1. The van der Waals surface area contributed by atoms with Crippen molar-refractivity contribution in [3.05, 3.63) is 75.2 Å². The number of carbonyl (C=O) groups excluding carboxylic acids is 2. The lowest BCUT2D eigenvalue weighted by Crippen LogP contribution is -2.18. The van der Waals surface area contributed by atoms with Crippen LogP contribution in [0.25, 0.3) is 16.9 Å². The highest BCUT2D eigenvalue weighted by atomic mass is 32.1. The lowest BCUT2D eigenvalue weighted by Gasteiger charge is -2.09. The number of hydrogen-bond acceptors (Lipinski definition) is 5. The Morgan fingerprint density at radius 1 is 1.15 bits per heavy atom. The van der Waals surface area contributed by atoms with Gasteiger partial charge < -0.3 is 14.5 Å². The Morgan fingerprint density at radius 3 is 2.62 bits per heavy atom. The van der Waals surface area contributed by atoms with Gasteiger partial charge >= 0.3 is 5.97 Å². The van der Waals surface area contributed by atoms with Gasteiger partial charge in [0.1, 0.15) is 16.5 Å². The number of thiophene rings is 1. The second-order valence-electron chi connectivity index (χ2n) is 8.24. The highest BCUT2D eigenvalue weighted by molar-refractivity contribution is 7.16. The Hall–Kier alpha value is -3.52. The van der Waals surface area contributed by atoms with Crippen LogP contribution in [0.5, 0.6) is 0 Å². The molecular formula is C26H26FN3O3S. The van der Waals surface area contributed by atoms with Gasteiger partial charge in [-0.2, -0.15) is 0 Å². The number of fused-ring (bicyclic) bond motifs is 1. The summed E-state index contributed by atoms with van der Waals surface area (Å²) in [5.41, 5.74) is 5.44. The molecule has 1 aromatic carbocycles. The van der Waals surface area contributed by atoms with Crippen LogP contribution in [0.2, 0.25) is 0 Å².